The van der Waals surface area contributed by atoms with E-state index in [1.807, 2.05) is 0 Å². The Balaban J connectivity index is 2.11. The molecule has 1 fully saturated rings. The van der Waals surface area contributed by atoms with Crippen molar-refractivity contribution in [1.29, 1.82) is 0 Å². The lowest BCUT2D eigenvalue weighted by Gasteiger charge is -2.37. The second-order valence-electron chi connectivity index (χ2n) is 9.28. The molecule has 1 aliphatic heterocycles. The summed E-state index contributed by atoms with van der Waals surface area (Å²) in [6.07, 6.45) is -6.33. The van der Waals surface area contributed by atoms with Crippen LogP contribution >= 0.6 is 0 Å². The Hall–Kier alpha value is -2.64. The van der Waals surface area contributed by atoms with Gasteiger partial charge in [0.15, 0.2) is 0 Å². The zero-order chi connectivity index (χ0) is 26.4. The van der Waals surface area contributed by atoms with Gasteiger partial charge < -0.3 is 10.0 Å². The molecule has 8 nitrogen and oxygen atoms in total. The number of benzene rings is 2. The molecule has 2 atom stereocenters. The minimum atomic E-state index is -5.09. The van der Waals surface area contributed by atoms with Crippen LogP contribution in [0.1, 0.15) is 32.8 Å². The molecule has 192 valence electrons. The molecule has 3 rings (SSSR count). The number of nitrogens with zero attached hydrogens (tertiary/aromatic N) is 1. The number of nitrogens with one attached hydrogen (secondary N) is 1. The number of hydrogen-bond donors (Lipinski definition) is 2. The van der Waals surface area contributed by atoms with E-state index < -0.39 is 65.0 Å². The maximum absolute atomic E-state index is 13.7. The summed E-state index contributed by atoms with van der Waals surface area (Å²) in [4.78, 5) is 10.6. The van der Waals surface area contributed by atoms with Crippen molar-refractivity contribution in [2.45, 2.75) is 60.1 Å². The Kier molecular flexibility index (Phi) is 7.01. The lowest BCUT2D eigenvalue weighted by Crippen LogP contribution is -2.52. The van der Waals surface area contributed by atoms with Crippen LogP contribution in [0.25, 0.3) is 0 Å². The van der Waals surface area contributed by atoms with Crippen LogP contribution in [0.2, 0.25) is 0 Å². The lowest BCUT2D eigenvalue weighted by molar-refractivity contribution is -0.139. The molecule has 2 aromatic rings. The zero-order valence-corrected chi connectivity index (χ0v) is 20.7. The standard InChI is InChI=1S/C22H25F3N2O6S2/c1-21(2,3)19-17(11-12-27(19)20(28)29)26-35(32,33)18-13-15(9-10-16(18)22(23,24)25)34(30,31)14-7-5-4-6-8-14/h4-10,13,17,19,26H,11-12H2,1-3H3,(H,28,29). The third-order valence-electron chi connectivity index (χ3n) is 5.75. The Bertz CT molecular complexity index is 1320. The summed E-state index contributed by atoms with van der Waals surface area (Å²) in [5.74, 6) is 0. The van der Waals surface area contributed by atoms with Crippen LogP contribution in [0.5, 0.6) is 0 Å². The topological polar surface area (TPSA) is 121 Å². The Labute approximate surface area is 201 Å². The molecule has 1 amide bonds. The van der Waals surface area contributed by atoms with Gasteiger partial charge in [-0.15, -0.1) is 0 Å². The van der Waals surface area contributed by atoms with E-state index in [0.29, 0.717) is 18.2 Å². The maximum Gasteiger partial charge on any atom is 0.417 e. The molecule has 0 radical (unpaired) electrons. The number of rotatable bonds is 5. The van der Waals surface area contributed by atoms with Crippen molar-refractivity contribution in [3.05, 3.63) is 54.1 Å². The maximum atomic E-state index is 13.7. The van der Waals surface area contributed by atoms with Gasteiger partial charge in [0.1, 0.15) is 0 Å². The van der Waals surface area contributed by atoms with Crippen molar-refractivity contribution < 1.29 is 39.9 Å². The van der Waals surface area contributed by atoms with E-state index in [-0.39, 0.29) is 17.9 Å². The van der Waals surface area contributed by atoms with Crippen LogP contribution in [-0.2, 0) is 26.0 Å². The molecule has 0 saturated carbocycles. The predicted octanol–water partition coefficient (Wildman–Crippen LogP) is 3.98. The highest BCUT2D eigenvalue weighted by atomic mass is 32.2. The van der Waals surface area contributed by atoms with E-state index in [0.717, 1.165) is 4.90 Å². The quantitative estimate of drug-likeness (QED) is 0.599. The monoisotopic (exact) mass is 534 g/mol. The van der Waals surface area contributed by atoms with Crippen LogP contribution in [0.15, 0.2) is 63.2 Å². The summed E-state index contributed by atoms with van der Waals surface area (Å²) in [5, 5.41) is 9.50. The molecule has 2 unspecified atom stereocenters. The molecule has 1 heterocycles. The minimum absolute atomic E-state index is 0.0149. The fraction of sp³-hybridized carbons (Fsp3) is 0.409. The first-order chi connectivity index (χ1) is 16.0. The molecule has 2 N–H and O–H groups in total. The number of halogens is 3. The number of amides is 1. The van der Waals surface area contributed by atoms with Crippen molar-refractivity contribution in [1.82, 2.24) is 9.62 Å². The first-order valence-electron chi connectivity index (χ1n) is 10.5. The first-order valence-corrected chi connectivity index (χ1v) is 13.5. The van der Waals surface area contributed by atoms with Crippen molar-refractivity contribution in [2.75, 3.05) is 6.54 Å². The Morgan fingerprint density at radius 3 is 2.11 bits per heavy atom. The number of hydrogen-bond acceptors (Lipinski definition) is 5. The Morgan fingerprint density at radius 2 is 1.60 bits per heavy atom. The number of alkyl halides is 3. The van der Waals surface area contributed by atoms with Gasteiger partial charge >= 0.3 is 12.3 Å². The number of sulfone groups is 1. The van der Waals surface area contributed by atoms with E-state index in [9.17, 15) is 39.9 Å². The second kappa shape index (κ2) is 9.10. The summed E-state index contributed by atoms with van der Waals surface area (Å²) in [5.41, 5.74) is -2.27. The largest absolute Gasteiger partial charge is 0.465 e. The smallest absolute Gasteiger partial charge is 0.417 e. The molecular weight excluding hydrogens is 509 g/mol. The molecule has 0 aliphatic carbocycles. The van der Waals surface area contributed by atoms with Gasteiger partial charge in [-0.1, -0.05) is 39.0 Å². The van der Waals surface area contributed by atoms with E-state index in [4.69, 9.17) is 0 Å². The van der Waals surface area contributed by atoms with E-state index in [1.54, 1.807) is 26.8 Å². The zero-order valence-electron chi connectivity index (χ0n) is 19.1. The van der Waals surface area contributed by atoms with E-state index in [2.05, 4.69) is 4.72 Å². The normalized spacial score (nSPS) is 19.7. The van der Waals surface area contributed by atoms with Gasteiger partial charge in [-0.2, -0.15) is 13.2 Å². The van der Waals surface area contributed by atoms with Crippen LogP contribution in [0.4, 0.5) is 18.0 Å². The van der Waals surface area contributed by atoms with Gasteiger partial charge in [-0.3, -0.25) is 0 Å². The Morgan fingerprint density at radius 1 is 1.00 bits per heavy atom. The fourth-order valence-electron chi connectivity index (χ4n) is 4.33. The second-order valence-corrected chi connectivity index (χ2v) is 12.9. The molecular formula is C22H25F3N2O6S2. The minimum Gasteiger partial charge on any atom is -0.465 e. The van der Waals surface area contributed by atoms with Gasteiger partial charge in [0, 0.05) is 12.6 Å². The van der Waals surface area contributed by atoms with E-state index in [1.165, 1.54) is 24.3 Å². The van der Waals surface area contributed by atoms with Crippen LogP contribution in [-0.4, -0.2) is 51.6 Å². The van der Waals surface area contributed by atoms with Crippen molar-refractivity contribution in [2.24, 2.45) is 5.41 Å². The molecule has 2 aromatic carbocycles. The van der Waals surface area contributed by atoms with Crippen LogP contribution in [0.3, 0.4) is 0 Å². The average Bonchev–Trinajstić information content (AvgIpc) is 3.17. The highest BCUT2D eigenvalue weighted by Crippen LogP contribution is 2.38. The van der Waals surface area contributed by atoms with Gasteiger partial charge in [-0.25, -0.2) is 26.4 Å². The number of likely N-dealkylation sites (tertiary alicyclic amines) is 1. The summed E-state index contributed by atoms with van der Waals surface area (Å²) in [7, 11) is -9.23. The highest BCUT2D eigenvalue weighted by Gasteiger charge is 2.47. The molecule has 0 spiro atoms. The highest BCUT2D eigenvalue weighted by molar-refractivity contribution is 7.91. The fourth-order valence-corrected chi connectivity index (χ4v) is 7.24. The number of sulfonamides is 1. The summed E-state index contributed by atoms with van der Waals surface area (Å²) >= 11 is 0. The lowest BCUT2D eigenvalue weighted by atomic mass is 9.83. The van der Waals surface area contributed by atoms with Gasteiger partial charge in [0.2, 0.25) is 19.9 Å². The van der Waals surface area contributed by atoms with Crippen molar-refractivity contribution in [3.63, 3.8) is 0 Å². The van der Waals surface area contributed by atoms with Gasteiger partial charge in [-0.05, 0) is 42.2 Å². The molecule has 13 heteroatoms. The van der Waals surface area contributed by atoms with Crippen molar-refractivity contribution in [3.8, 4) is 0 Å². The third kappa shape index (κ3) is 5.46. The average molecular weight is 535 g/mol. The van der Waals surface area contributed by atoms with E-state index >= 15 is 0 Å². The molecule has 0 aromatic heterocycles. The molecule has 35 heavy (non-hydrogen) atoms. The summed E-state index contributed by atoms with van der Waals surface area (Å²) < 4.78 is 95.9. The van der Waals surface area contributed by atoms with Gasteiger partial charge in [0.25, 0.3) is 0 Å². The SMILES string of the molecule is CC(C)(C)C1C(NS(=O)(=O)c2cc(S(=O)(=O)c3ccccc3)ccc2C(F)(F)F)CCN1C(=O)O. The predicted molar refractivity (Wildman–Crippen MR) is 120 cm³/mol. The summed E-state index contributed by atoms with van der Waals surface area (Å²) in [6, 6.07) is 6.63. The molecule has 1 aliphatic rings. The number of carboxylic acid groups (broad SMARTS) is 1. The molecule has 0 bridgehead atoms. The van der Waals surface area contributed by atoms with Crippen LogP contribution < -0.4 is 4.72 Å². The molecule has 1 saturated heterocycles. The van der Waals surface area contributed by atoms with Crippen molar-refractivity contribution >= 4 is 26.0 Å². The summed E-state index contributed by atoms with van der Waals surface area (Å²) in [6.45, 7) is 5.05. The van der Waals surface area contributed by atoms with Gasteiger partial charge in [0.05, 0.1) is 26.3 Å². The third-order valence-corrected chi connectivity index (χ3v) is 9.05. The first kappa shape index (κ1) is 27.0. The van der Waals surface area contributed by atoms with Crippen LogP contribution in [0, 0.1) is 5.41 Å². The number of carbonyl (C=O) groups is 1.